The van der Waals surface area contributed by atoms with Gasteiger partial charge in [0.15, 0.2) is 0 Å². The molecule has 0 aliphatic carbocycles. The van der Waals surface area contributed by atoms with Gasteiger partial charge >= 0.3 is 0 Å². The molecular formula is C32H34N4O2. The van der Waals surface area contributed by atoms with Gasteiger partial charge in [0.05, 0.1) is 5.92 Å². The number of aromatic nitrogens is 1. The zero-order valence-electron chi connectivity index (χ0n) is 22.3. The second-order valence-corrected chi connectivity index (χ2v) is 10.8. The summed E-state index contributed by atoms with van der Waals surface area (Å²) in [5.41, 5.74) is 4.69. The van der Waals surface area contributed by atoms with Gasteiger partial charge in [0.1, 0.15) is 0 Å². The number of carbonyl (C=O) groups is 2. The Hall–Kier alpha value is -3.90. The van der Waals surface area contributed by atoms with Crippen molar-refractivity contribution in [1.29, 1.82) is 0 Å². The van der Waals surface area contributed by atoms with E-state index in [1.165, 1.54) is 5.56 Å². The fourth-order valence-electron chi connectivity index (χ4n) is 6.50. The lowest BCUT2D eigenvalue weighted by Crippen LogP contribution is -2.52. The Balaban J connectivity index is 1.25. The fraction of sp³-hybridized carbons (Fsp3) is 0.312. The maximum Gasteiger partial charge on any atom is 0.258 e. The van der Waals surface area contributed by atoms with Crippen LogP contribution in [0.3, 0.4) is 0 Å². The summed E-state index contributed by atoms with van der Waals surface area (Å²) in [5.74, 6) is -0.293. The smallest absolute Gasteiger partial charge is 0.258 e. The molecule has 0 radical (unpaired) electrons. The number of benzene rings is 3. The van der Waals surface area contributed by atoms with Crippen molar-refractivity contribution < 1.29 is 9.59 Å². The minimum atomic E-state index is -0.353. The molecule has 0 N–H and O–H groups in total. The molecule has 2 amide bonds. The van der Waals surface area contributed by atoms with Crippen LogP contribution in [0.1, 0.15) is 40.2 Å². The molecule has 0 bridgehead atoms. The third-order valence-corrected chi connectivity index (χ3v) is 8.74. The van der Waals surface area contributed by atoms with Gasteiger partial charge in [-0.3, -0.25) is 14.5 Å². The topological polar surface area (TPSA) is 48.8 Å². The van der Waals surface area contributed by atoms with Gasteiger partial charge < -0.3 is 14.4 Å². The number of aryl methyl sites for hydroxylation is 1. The Morgan fingerprint density at radius 1 is 0.868 bits per heavy atom. The van der Waals surface area contributed by atoms with E-state index in [1.54, 1.807) is 4.90 Å². The van der Waals surface area contributed by atoms with Crippen molar-refractivity contribution in [2.45, 2.75) is 24.3 Å². The number of rotatable bonds is 4. The highest BCUT2D eigenvalue weighted by atomic mass is 16.2. The summed E-state index contributed by atoms with van der Waals surface area (Å²) in [7, 11) is 6.25. The van der Waals surface area contributed by atoms with Crippen molar-refractivity contribution >= 4 is 28.4 Å². The zero-order valence-corrected chi connectivity index (χ0v) is 22.3. The van der Waals surface area contributed by atoms with Crippen molar-refractivity contribution in [1.82, 2.24) is 14.4 Å². The number of amides is 2. The number of hydrogen-bond donors (Lipinski definition) is 0. The van der Waals surface area contributed by atoms with E-state index in [1.807, 2.05) is 77.3 Å². The molecule has 3 heterocycles. The molecular weight excluding hydrogens is 472 g/mol. The quantitative estimate of drug-likeness (QED) is 0.391. The van der Waals surface area contributed by atoms with E-state index in [9.17, 15) is 9.59 Å². The summed E-state index contributed by atoms with van der Waals surface area (Å²) in [5, 5.41) is 0.934. The van der Waals surface area contributed by atoms with Crippen LogP contribution in [0, 0.1) is 0 Å². The third-order valence-electron chi connectivity index (χ3n) is 8.74. The lowest BCUT2D eigenvalue weighted by Gasteiger charge is -2.47. The molecule has 38 heavy (non-hydrogen) atoms. The lowest BCUT2D eigenvalue weighted by atomic mass is 9.79. The number of piperidine rings is 1. The molecule has 2 aliphatic heterocycles. The second kappa shape index (κ2) is 9.44. The van der Waals surface area contributed by atoms with Crippen molar-refractivity contribution in [3.8, 4) is 0 Å². The first kappa shape index (κ1) is 24.4. The summed E-state index contributed by atoms with van der Waals surface area (Å²) in [6, 6.07) is 26.3. The molecule has 6 rings (SSSR count). The number of hydrogen-bond acceptors (Lipinski definition) is 3. The molecule has 0 saturated carbocycles. The van der Waals surface area contributed by atoms with Gasteiger partial charge in [-0.25, -0.2) is 0 Å². The van der Waals surface area contributed by atoms with Gasteiger partial charge in [-0.05, 0) is 62.3 Å². The summed E-state index contributed by atoms with van der Waals surface area (Å²) in [4.78, 5) is 34.0. The molecule has 1 aromatic heterocycles. The van der Waals surface area contributed by atoms with Gasteiger partial charge in [0, 0.05) is 60.6 Å². The fourth-order valence-corrected chi connectivity index (χ4v) is 6.50. The molecule has 1 unspecified atom stereocenters. The highest BCUT2D eigenvalue weighted by molar-refractivity contribution is 6.15. The van der Waals surface area contributed by atoms with Crippen LogP contribution in [-0.2, 0) is 17.4 Å². The van der Waals surface area contributed by atoms with E-state index in [0.717, 1.165) is 35.0 Å². The molecule has 194 valence electrons. The standard InChI is InChI=1S/C32H34N4O2/c1-33(2)32(23-10-5-4-6-11-23)17-20-35(21-18-32)30(37)27-22-36(29-14-8-7-12-24(27)29)31(38)26-13-9-15-28-25(26)16-19-34(28)3/h4-16,19,27H,17-18,20-22H2,1-3H3. The van der Waals surface area contributed by atoms with Crippen LogP contribution in [0.15, 0.2) is 85.1 Å². The first-order chi connectivity index (χ1) is 18.4. The molecule has 4 aromatic rings. The highest BCUT2D eigenvalue weighted by Gasteiger charge is 2.43. The van der Waals surface area contributed by atoms with Crippen molar-refractivity contribution in [3.05, 3.63) is 102 Å². The van der Waals surface area contributed by atoms with Crippen molar-refractivity contribution in [2.24, 2.45) is 7.05 Å². The van der Waals surface area contributed by atoms with E-state index in [0.29, 0.717) is 25.2 Å². The predicted octanol–water partition coefficient (Wildman–Crippen LogP) is 5.00. The van der Waals surface area contributed by atoms with Gasteiger partial charge in [-0.2, -0.15) is 0 Å². The maximum absolute atomic E-state index is 14.0. The summed E-state index contributed by atoms with van der Waals surface area (Å²) in [6.45, 7) is 1.76. The van der Waals surface area contributed by atoms with Crippen LogP contribution in [0.25, 0.3) is 10.9 Å². The number of para-hydroxylation sites is 1. The Kier molecular flexibility index (Phi) is 6.07. The molecule has 3 aromatic carbocycles. The third kappa shape index (κ3) is 3.82. The largest absolute Gasteiger partial charge is 0.351 e. The maximum atomic E-state index is 14.0. The minimum Gasteiger partial charge on any atom is -0.351 e. The zero-order chi connectivity index (χ0) is 26.4. The van der Waals surface area contributed by atoms with Crippen LogP contribution >= 0.6 is 0 Å². The molecule has 1 saturated heterocycles. The van der Waals surface area contributed by atoms with E-state index in [2.05, 4.69) is 43.3 Å². The van der Waals surface area contributed by atoms with Crippen LogP contribution in [0.5, 0.6) is 0 Å². The summed E-state index contributed by atoms with van der Waals surface area (Å²) < 4.78 is 2.02. The molecule has 6 nitrogen and oxygen atoms in total. The van der Waals surface area contributed by atoms with E-state index in [4.69, 9.17) is 0 Å². The Morgan fingerprint density at radius 2 is 1.58 bits per heavy atom. The second-order valence-electron chi connectivity index (χ2n) is 10.8. The lowest BCUT2D eigenvalue weighted by molar-refractivity contribution is -0.135. The first-order valence-corrected chi connectivity index (χ1v) is 13.4. The van der Waals surface area contributed by atoms with E-state index >= 15 is 0 Å². The average Bonchev–Trinajstić information content (AvgIpc) is 3.53. The van der Waals surface area contributed by atoms with Crippen molar-refractivity contribution in [3.63, 3.8) is 0 Å². The normalized spacial score (nSPS) is 18.7. The Morgan fingerprint density at radius 3 is 2.32 bits per heavy atom. The summed E-state index contributed by atoms with van der Waals surface area (Å²) >= 11 is 0. The van der Waals surface area contributed by atoms with Crippen LogP contribution in [-0.4, -0.2) is 59.9 Å². The summed E-state index contributed by atoms with van der Waals surface area (Å²) in [6.07, 6.45) is 3.73. The molecule has 6 heteroatoms. The van der Waals surface area contributed by atoms with E-state index < -0.39 is 0 Å². The minimum absolute atomic E-state index is 0.0566. The number of anilines is 1. The monoisotopic (exact) mass is 506 g/mol. The SMILES string of the molecule is CN(C)C1(c2ccccc2)CCN(C(=O)C2CN(C(=O)c3cccc4c3ccn4C)c3ccccc32)CC1. The average molecular weight is 507 g/mol. The van der Waals surface area contributed by atoms with Gasteiger partial charge in [0.25, 0.3) is 5.91 Å². The van der Waals surface area contributed by atoms with Gasteiger partial charge in [-0.15, -0.1) is 0 Å². The van der Waals surface area contributed by atoms with Crippen LogP contribution in [0.4, 0.5) is 5.69 Å². The van der Waals surface area contributed by atoms with Crippen molar-refractivity contribution in [2.75, 3.05) is 38.6 Å². The molecule has 1 atom stereocenters. The van der Waals surface area contributed by atoms with Crippen LogP contribution < -0.4 is 4.90 Å². The first-order valence-electron chi connectivity index (χ1n) is 13.4. The van der Waals surface area contributed by atoms with Gasteiger partial charge in [0.2, 0.25) is 5.91 Å². The number of nitrogens with zero attached hydrogens (tertiary/aromatic N) is 4. The molecule has 1 fully saturated rings. The number of carbonyl (C=O) groups excluding carboxylic acids is 2. The molecule has 2 aliphatic rings. The highest BCUT2D eigenvalue weighted by Crippen LogP contribution is 2.41. The van der Waals surface area contributed by atoms with Crippen LogP contribution in [0.2, 0.25) is 0 Å². The Bertz CT molecular complexity index is 1500. The van der Waals surface area contributed by atoms with Gasteiger partial charge in [-0.1, -0.05) is 54.6 Å². The van der Waals surface area contributed by atoms with E-state index in [-0.39, 0.29) is 23.3 Å². The number of likely N-dealkylation sites (tertiary alicyclic amines) is 1. The predicted molar refractivity (Wildman–Crippen MR) is 151 cm³/mol. The number of fused-ring (bicyclic) bond motifs is 2. The Labute approximate surface area is 224 Å². The molecule has 0 spiro atoms.